The highest BCUT2D eigenvalue weighted by molar-refractivity contribution is 5.69. The van der Waals surface area contributed by atoms with E-state index in [2.05, 4.69) is 17.1 Å². The number of aromatic amines is 1. The fourth-order valence-corrected chi connectivity index (χ4v) is 1.51. The largest absolute Gasteiger partial charge is 0.424 e. The first-order chi connectivity index (χ1) is 6.27. The Morgan fingerprint density at radius 2 is 2.23 bits per heavy atom. The quantitative estimate of drug-likeness (QED) is 0.627. The molecule has 0 saturated carbocycles. The van der Waals surface area contributed by atoms with Crippen molar-refractivity contribution in [2.24, 2.45) is 0 Å². The Morgan fingerprint density at radius 3 is 3.00 bits per heavy atom. The van der Waals surface area contributed by atoms with Gasteiger partial charge in [0.15, 0.2) is 5.75 Å². The lowest BCUT2D eigenvalue weighted by Gasteiger charge is -1.98. The number of esters is 1. The van der Waals surface area contributed by atoms with Crippen LogP contribution in [0.4, 0.5) is 0 Å². The van der Waals surface area contributed by atoms with Crippen molar-refractivity contribution in [3.05, 3.63) is 16.8 Å². The average molecular weight is 177 g/mol. The van der Waals surface area contributed by atoms with Gasteiger partial charge < -0.3 is 9.72 Å². The van der Waals surface area contributed by atoms with Crippen LogP contribution in [0.15, 0.2) is 6.20 Å². The maximum atomic E-state index is 10.7. The predicted molar refractivity (Wildman–Crippen MR) is 49.5 cm³/mol. The van der Waals surface area contributed by atoms with E-state index in [-0.39, 0.29) is 5.97 Å². The Hall–Kier alpha value is -1.51. The van der Waals surface area contributed by atoms with Crippen LogP contribution in [0.1, 0.15) is 19.8 Å². The van der Waals surface area contributed by atoms with Crippen molar-refractivity contribution in [2.75, 3.05) is 0 Å². The minimum atomic E-state index is -0.277. The van der Waals surface area contributed by atoms with Crippen LogP contribution in [0.2, 0.25) is 0 Å². The van der Waals surface area contributed by atoms with Gasteiger partial charge in [-0.05, 0) is 12.8 Å². The van der Waals surface area contributed by atoms with Gasteiger partial charge in [0.1, 0.15) is 0 Å². The first kappa shape index (κ1) is 8.10. The van der Waals surface area contributed by atoms with Crippen LogP contribution in [0.5, 0.6) is 5.75 Å². The molecule has 2 rings (SSSR count). The molecule has 0 aliphatic heterocycles. The first-order valence-corrected chi connectivity index (χ1v) is 4.33. The molecule has 1 aliphatic carbocycles. The van der Waals surface area contributed by atoms with E-state index in [0.717, 1.165) is 23.4 Å². The number of aromatic nitrogens is 1. The zero-order chi connectivity index (χ0) is 9.26. The molecule has 1 aromatic heterocycles. The summed E-state index contributed by atoms with van der Waals surface area (Å²) >= 11 is 0. The zero-order valence-corrected chi connectivity index (χ0v) is 7.46. The maximum Gasteiger partial charge on any atom is 0.308 e. The molecule has 1 aliphatic rings. The second-order valence-electron chi connectivity index (χ2n) is 3.06. The van der Waals surface area contributed by atoms with E-state index < -0.39 is 0 Å². The van der Waals surface area contributed by atoms with E-state index in [1.54, 1.807) is 6.20 Å². The molecule has 3 heteroatoms. The molecular formula is C10H11NO2. The summed E-state index contributed by atoms with van der Waals surface area (Å²) in [5.74, 6) is 0.360. The summed E-state index contributed by atoms with van der Waals surface area (Å²) in [6.07, 6.45) is 7.99. The molecule has 0 spiro atoms. The van der Waals surface area contributed by atoms with Crippen LogP contribution in [0.25, 0.3) is 12.2 Å². The van der Waals surface area contributed by atoms with E-state index in [4.69, 9.17) is 4.74 Å². The van der Waals surface area contributed by atoms with Gasteiger partial charge in [-0.1, -0.05) is 12.2 Å². The fraction of sp³-hybridized carbons (Fsp3) is 0.300. The lowest BCUT2D eigenvalue weighted by Crippen LogP contribution is -2.26. The van der Waals surface area contributed by atoms with Crippen molar-refractivity contribution in [2.45, 2.75) is 19.8 Å². The number of carbonyl (C=O) groups is 1. The third-order valence-corrected chi connectivity index (χ3v) is 2.03. The molecule has 3 nitrogen and oxygen atoms in total. The highest BCUT2D eigenvalue weighted by Crippen LogP contribution is 2.03. The topological polar surface area (TPSA) is 42.1 Å². The Balaban J connectivity index is 2.50. The number of ether oxygens (including phenoxy) is 1. The van der Waals surface area contributed by atoms with Crippen molar-refractivity contribution < 1.29 is 9.53 Å². The molecule has 0 saturated heterocycles. The van der Waals surface area contributed by atoms with Crippen LogP contribution >= 0.6 is 0 Å². The van der Waals surface area contributed by atoms with Gasteiger partial charge in [0, 0.05) is 23.7 Å². The van der Waals surface area contributed by atoms with E-state index >= 15 is 0 Å². The van der Waals surface area contributed by atoms with Gasteiger partial charge in [0.25, 0.3) is 0 Å². The number of rotatable bonds is 1. The first-order valence-electron chi connectivity index (χ1n) is 4.33. The van der Waals surface area contributed by atoms with Crippen molar-refractivity contribution >= 4 is 18.1 Å². The van der Waals surface area contributed by atoms with Gasteiger partial charge >= 0.3 is 5.97 Å². The number of carbonyl (C=O) groups excluding carboxylic acids is 1. The van der Waals surface area contributed by atoms with Crippen molar-refractivity contribution in [1.29, 1.82) is 0 Å². The minimum Gasteiger partial charge on any atom is -0.424 e. The monoisotopic (exact) mass is 177 g/mol. The Labute approximate surface area is 75.7 Å². The van der Waals surface area contributed by atoms with Crippen molar-refractivity contribution in [3.8, 4) is 5.75 Å². The van der Waals surface area contributed by atoms with Crippen molar-refractivity contribution in [1.82, 2.24) is 4.98 Å². The predicted octanol–water partition coefficient (Wildman–Crippen LogP) is 0.295. The van der Waals surface area contributed by atoms with Gasteiger partial charge in [0.05, 0.1) is 0 Å². The summed E-state index contributed by atoms with van der Waals surface area (Å²) in [5, 5.41) is 2.07. The lowest BCUT2D eigenvalue weighted by atomic mass is 10.2. The van der Waals surface area contributed by atoms with Crippen LogP contribution in [-0.4, -0.2) is 11.0 Å². The summed E-state index contributed by atoms with van der Waals surface area (Å²) in [6.45, 7) is 1.41. The standard InChI is InChI=1S/C10H11NO2/c1-7(12)13-10-6-11-9-5-3-2-4-8(9)10/h4-6,11H,2-3H2,1H3. The molecule has 1 heterocycles. The Bertz CT molecular complexity index is 442. The molecule has 68 valence electrons. The summed E-state index contributed by atoms with van der Waals surface area (Å²) in [4.78, 5) is 13.8. The summed E-state index contributed by atoms with van der Waals surface area (Å²) < 4.78 is 5.03. The molecule has 0 fully saturated rings. The maximum absolute atomic E-state index is 10.7. The second kappa shape index (κ2) is 3.09. The number of fused-ring (bicyclic) bond motifs is 1. The molecule has 0 amide bonds. The second-order valence-corrected chi connectivity index (χ2v) is 3.06. The van der Waals surface area contributed by atoms with E-state index in [1.165, 1.54) is 6.92 Å². The molecule has 0 bridgehead atoms. The van der Waals surface area contributed by atoms with Gasteiger partial charge in [-0.3, -0.25) is 4.79 Å². The molecule has 0 radical (unpaired) electrons. The SMILES string of the molecule is CC(=O)Oc1c[nH]c2c1=CCCC=2. The van der Waals surface area contributed by atoms with Crippen LogP contribution in [0.3, 0.4) is 0 Å². The Kier molecular flexibility index (Phi) is 1.93. The molecule has 0 aromatic carbocycles. The van der Waals surface area contributed by atoms with E-state index in [0.29, 0.717) is 5.75 Å². The number of H-pyrrole nitrogens is 1. The lowest BCUT2D eigenvalue weighted by molar-refractivity contribution is -0.131. The van der Waals surface area contributed by atoms with Crippen LogP contribution < -0.4 is 15.3 Å². The summed E-state index contributed by atoms with van der Waals surface area (Å²) in [7, 11) is 0. The number of nitrogens with one attached hydrogen (secondary N) is 1. The molecule has 1 N–H and O–H groups in total. The highest BCUT2D eigenvalue weighted by Gasteiger charge is 2.04. The van der Waals surface area contributed by atoms with Gasteiger partial charge in [0.2, 0.25) is 0 Å². The summed E-state index contributed by atoms with van der Waals surface area (Å²) in [6, 6.07) is 0. The number of hydrogen-bond donors (Lipinski definition) is 1. The van der Waals surface area contributed by atoms with E-state index in [1.807, 2.05) is 0 Å². The smallest absolute Gasteiger partial charge is 0.308 e. The third kappa shape index (κ3) is 1.49. The molecule has 0 atom stereocenters. The molecule has 13 heavy (non-hydrogen) atoms. The van der Waals surface area contributed by atoms with Gasteiger partial charge in [-0.25, -0.2) is 0 Å². The number of hydrogen-bond acceptors (Lipinski definition) is 2. The molecule has 0 unspecified atom stereocenters. The normalized spacial score (nSPS) is 13.9. The summed E-state index contributed by atoms with van der Waals surface area (Å²) in [5.41, 5.74) is 0. The molecular weight excluding hydrogens is 166 g/mol. The van der Waals surface area contributed by atoms with E-state index in [9.17, 15) is 4.79 Å². The molecule has 1 aromatic rings. The fourth-order valence-electron chi connectivity index (χ4n) is 1.51. The van der Waals surface area contributed by atoms with Crippen LogP contribution in [0, 0.1) is 0 Å². The minimum absolute atomic E-state index is 0.277. The third-order valence-electron chi connectivity index (χ3n) is 2.03. The zero-order valence-electron chi connectivity index (χ0n) is 7.46. The van der Waals surface area contributed by atoms with Crippen LogP contribution in [-0.2, 0) is 4.79 Å². The van der Waals surface area contributed by atoms with Gasteiger partial charge in [-0.2, -0.15) is 0 Å². The average Bonchev–Trinajstić information content (AvgIpc) is 2.48. The van der Waals surface area contributed by atoms with Gasteiger partial charge in [-0.15, -0.1) is 0 Å². The van der Waals surface area contributed by atoms with Crippen molar-refractivity contribution in [3.63, 3.8) is 0 Å². The Morgan fingerprint density at radius 1 is 1.46 bits per heavy atom. The highest BCUT2D eigenvalue weighted by atomic mass is 16.5.